The van der Waals surface area contributed by atoms with Crippen LogP contribution in [0.5, 0.6) is 0 Å². The fourth-order valence-electron chi connectivity index (χ4n) is 3.66. The number of tetrazole rings is 1. The highest BCUT2D eigenvalue weighted by Crippen LogP contribution is 2.32. The van der Waals surface area contributed by atoms with Crippen molar-refractivity contribution >= 4 is 11.5 Å². The first kappa shape index (κ1) is 20.3. The van der Waals surface area contributed by atoms with Gasteiger partial charge in [-0.05, 0) is 41.6 Å². The number of hydrogen-bond acceptors (Lipinski definition) is 9. The van der Waals surface area contributed by atoms with Crippen molar-refractivity contribution in [1.82, 2.24) is 40.3 Å². The van der Waals surface area contributed by atoms with Gasteiger partial charge in [-0.25, -0.2) is 0 Å². The largest absolute Gasteiger partial charge is 0.416 e. The average Bonchev–Trinajstić information content (AvgIpc) is 3.47. The summed E-state index contributed by atoms with van der Waals surface area (Å²) in [6.07, 6.45) is -4.43. The Labute approximate surface area is 179 Å². The normalized spacial score (nSPS) is 16.6. The highest BCUT2D eigenvalue weighted by atomic mass is 19.4. The van der Waals surface area contributed by atoms with Crippen molar-refractivity contribution < 1.29 is 17.7 Å². The second-order valence-electron chi connectivity index (χ2n) is 7.45. The SMILES string of the molecule is CC(c1nc(-c2cccc(C(F)(F)F)c2)no1)N1CCN(c2ccc3nnnn3n2)CC1. The summed E-state index contributed by atoms with van der Waals surface area (Å²) in [6.45, 7) is 4.82. The first-order valence-electron chi connectivity index (χ1n) is 9.94. The van der Waals surface area contributed by atoms with Crippen LogP contribution in [0.4, 0.5) is 19.0 Å². The fraction of sp³-hybridized carbons (Fsp3) is 0.368. The minimum Gasteiger partial charge on any atom is -0.353 e. The minimum absolute atomic E-state index is 0.135. The number of piperazine rings is 1. The van der Waals surface area contributed by atoms with E-state index in [2.05, 4.69) is 40.6 Å². The summed E-state index contributed by atoms with van der Waals surface area (Å²) in [4.78, 5) is 8.65. The van der Waals surface area contributed by atoms with E-state index < -0.39 is 11.7 Å². The lowest BCUT2D eigenvalue weighted by Crippen LogP contribution is -2.47. The molecule has 0 radical (unpaired) electrons. The van der Waals surface area contributed by atoms with Crippen molar-refractivity contribution in [2.45, 2.75) is 19.1 Å². The van der Waals surface area contributed by atoms with Crippen LogP contribution in [0, 0.1) is 0 Å². The Balaban J connectivity index is 1.26. The molecule has 0 saturated carbocycles. The van der Waals surface area contributed by atoms with E-state index in [1.54, 1.807) is 0 Å². The summed E-state index contributed by atoms with van der Waals surface area (Å²) < 4.78 is 45.7. The van der Waals surface area contributed by atoms with Crippen LogP contribution in [0.1, 0.15) is 24.4 Å². The molecule has 0 amide bonds. The Hall–Kier alpha value is -3.61. The monoisotopic (exact) mass is 445 g/mol. The van der Waals surface area contributed by atoms with E-state index in [1.165, 1.54) is 16.8 Å². The molecule has 1 aliphatic rings. The minimum atomic E-state index is -4.43. The van der Waals surface area contributed by atoms with E-state index in [0.29, 0.717) is 11.5 Å². The van der Waals surface area contributed by atoms with E-state index in [-0.39, 0.29) is 17.4 Å². The molecule has 1 aliphatic heterocycles. The van der Waals surface area contributed by atoms with Crippen LogP contribution in [0.3, 0.4) is 0 Å². The second kappa shape index (κ2) is 7.82. The Morgan fingerprint density at radius 3 is 2.66 bits per heavy atom. The number of hydrogen-bond donors (Lipinski definition) is 0. The third kappa shape index (κ3) is 3.86. The number of anilines is 1. The van der Waals surface area contributed by atoms with Gasteiger partial charge in [0.05, 0.1) is 11.6 Å². The van der Waals surface area contributed by atoms with Crippen LogP contribution in [-0.2, 0) is 6.18 Å². The summed E-state index contributed by atoms with van der Waals surface area (Å²) in [7, 11) is 0. The van der Waals surface area contributed by atoms with Crippen molar-refractivity contribution in [3.05, 3.63) is 47.9 Å². The van der Waals surface area contributed by atoms with Gasteiger partial charge < -0.3 is 9.42 Å². The molecular formula is C19H18F3N9O. The van der Waals surface area contributed by atoms with E-state index in [1.807, 2.05) is 19.1 Å². The number of aromatic nitrogens is 7. The third-order valence-electron chi connectivity index (χ3n) is 5.49. The van der Waals surface area contributed by atoms with Crippen molar-refractivity contribution in [3.63, 3.8) is 0 Å². The third-order valence-corrected chi connectivity index (χ3v) is 5.49. The smallest absolute Gasteiger partial charge is 0.353 e. The van der Waals surface area contributed by atoms with Gasteiger partial charge in [0.2, 0.25) is 11.7 Å². The van der Waals surface area contributed by atoms with Gasteiger partial charge in [-0.15, -0.1) is 14.8 Å². The van der Waals surface area contributed by atoms with E-state index in [0.717, 1.165) is 44.1 Å². The van der Waals surface area contributed by atoms with Crippen LogP contribution >= 0.6 is 0 Å². The highest BCUT2D eigenvalue weighted by Gasteiger charge is 2.31. The summed E-state index contributed by atoms with van der Waals surface area (Å²) in [5.41, 5.74) is 0.0869. The molecule has 1 aromatic carbocycles. The molecule has 0 spiro atoms. The predicted molar refractivity (Wildman–Crippen MR) is 106 cm³/mol. The number of fused-ring (bicyclic) bond motifs is 1. The summed E-state index contributed by atoms with van der Waals surface area (Å²) in [5, 5.41) is 19.6. The molecule has 10 nitrogen and oxygen atoms in total. The molecule has 0 bridgehead atoms. The second-order valence-corrected chi connectivity index (χ2v) is 7.45. The molecule has 0 aliphatic carbocycles. The van der Waals surface area contributed by atoms with E-state index in [4.69, 9.17) is 4.52 Å². The van der Waals surface area contributed by atoms with Gasteiger partial charge in [-0.1, -0.05) is 17.3 Å². The van der Waals surface area contributed by atoms with Crippen molar-refractivity contribution in [1.29, 1.82) is 0 Å². The standard InChI is InChI=1S/C19H18F3N9O/c1-12(18-23-17(26-32-18)13-3-2-4-14(11-13)19(20,21)22)29-7-9-30(10-8-29)16-6-5-15-24-27-28-31(15)25-16/h2-6,11-12H,7-10H2,1H3. The Bertz CT molecular complexity index is 1230. The van der Waals surface area contributed by atoms with Gasteiger partial charge in [0.25, 0.3) is 0 Å². The Kier molecular flexibility index (Phi) is 4.96. The zero-order valence-electron chi connectivity index (χ0n) is 16.9. The molecule has 13 heteroatoms. The van der Waals surface area contributed by atoms with E-state index >= 15 is 0 Å². The lowest BCUT2D eigenvalue weighted by molar-refractivity contribution is -0.137. The number of halogens is 3. The van der Waals surface area contributed by atoms with Crippen LogP contribution < -0.4 is 4.90 Å². The zero-order chi connectivity index (χ0) is 22.3. The van der Waals surface area contributed by atoms with Gasteiger partial charge in [0.15, 0.2) is 11.5 Å². The molecule has 166 valence electrons. The van der Waals surface area contributed by atoms with E-state index in [9.17, 15) is 13.2 Å². The topological polar surface area (TPSA) is 101 Å². The number of rotatable bonds is 4. The van der Waals surface area contributed by atoms with Crippen LogP contribution in [0.15, 0.2) is 40.9 Å². The molecule has 3 aromatic heterocycles. The Morgan fingerprint density at radius 2 is 1.88 bits per heavy atom. The summed E-state index contributed by atoms with van der Waals surface area (Å²) in [6, 6.07) is 8.40. The van der Waals surface area contributed by atoms with Gasteiger partial charge in [-0.2, -0.15) is 18.2 Å². The molecular weight excluding hydrogens is 427 g/mol. The molecule has 1 saturated heterocycles. The number of alkyl halides is 3. The fourth-order valence-corrected chi connectivity index (χ4v) is 3.66. The van der Waals surface area contributed by atoms with Crippen LogP contribution in [0.2, 0.25) is 0 Å². The average molecular weight is 445 g/mol. The van der Waals surface area contributed by atoms with Gasteiger partial charge in [0.1, 0.15) is 0 Å². The van der Waals surface area contributed by atoms with Crippen molar-refractivity contribution in [3.8, 4) is 11.4 Å². The molecule has 4 heterocycles. The van der Waals surface area contributed by atoms with Crippen LogP contribution in [-0.4, -0.2) is 66.5 Å². The van der Waals surface area contributed by atoms with Gasteiger partial charge in [-0.3, -0.25) is 4.90 Å². The highest BCUT2D eigenvalue weighted by molar-refractivity contribution is 5.55. The van der Waals surface area contributed by atoms with Gasteiger partial charge in [0, 0.05) is 31.7 Å². The molecule has 32 heavy (non-hydrogen) atoms. The molecule has 4 aromatic rings. The molecule has 1 fully saturated rings. The molecule has 1 atom stereocenters. The summed E-state index contributed by atoms with van der Waals surface area (Å²) in [5.74, 6) is 1.27. The lowest BCUT2D eigenvalue weighted by Gasteiger charge is -2.37. The predicted octanol–water partition coefficient (Wildman–Crippen LogP) is 2.47. The number of nitrogens with zero attached hydrogens (tertiary/aromatic N) is 9. The molecule has 5 rings (SSSR count). The lowest BCUT2D eigenvalue weighted by atomic mass is 10.1. The first-order chi connectivity index (χ1) is 15.4. The maximum atomic E-state index is 13.0. The zero-order valence-corrected chi connectivity index (χ0v) is 16.9. The quantitative estimate of drug-likeness (QED) is 0.469. The van der Waals surface area contributed by atoms with Crippen molar-refractivity contribution in [2.24, 2.45) is 0 Å². The summed E-state index contributed by atoms with van der Waals surface area (Å²) >= 11 is 0. The van der Waals surface area contributed by atoms with Gasteiger partial charge >= 0.3 is 6.18 Å². The molecule has 1 unspecified atom stereocenters. The number of benzene rings is 1. The van der Waals surface area contributed by atoms with Crippen molar-refractivity contribution in [2.75, 3.05) is 31.1 Å². The maximum Gasteiger partial charge on any atom is 0.416 e. The maximum absolute atomic E-state index is 13.0. The van der Waals surface area contributed by atoms with Crippen LogP contribution in [0.25, 0.3) is 17.0 Å². The molecule has 0 N–H and O–H groups in total. The first-order valence-corrected chi connectivity index (χ1v) is 9.94. The Morgan fingerprint density at radius 1 is 1.06 bits per heavy atom.